The van der Waals surface area contributed by atoms with E-state index in [4.69, 9.17) is 0 Å². The van der Waals surface area contributed by atoms with Gasteiger partial charge in [0.1, 0.15) is 5.82 Å². The number of benzene rings is 2. The average Bonchev–Trinajstić information content (AvgIpc) is 2.82. The molecule has 0 amide bonds. The largest absolute Gasteiger partial charge is 0.318 e. The molecule has 0 bridgehead atoms. The minimum Gasteiger partial charge on any atom is -0.318 e. The van der Waals surface area contributed by atoms with Crippen LogP contribution >= 0.6 is 15.9 Å². The van der Waals surface area contributed by atoms with Crippen molar-refractivity contribution in [1.82, 2.24) is 4.57 Å². The average molecular weight is 385 g/mol. The fraction of sp³-hybridized carbons (Fsp3) is 0.150. The van der Waals surface area contributed by atoms with Crippen molar-refractivity contribution in [1.29, 1.82) is 0 Å². The van der Waals surface area contributed by atoms with Crippen LogP contribution in [0.1, 0.15) is 22.5 Å². The zero-order valence-corrected chi connectivity index (χ0v) is 15.4. The van der Waals surface area contributed by atoms with Crippen LogP contribution in [0.3, 0.4) is 0 Å². The van der Waals surface area contributed by atoms with E-state index >= 15 is 0 Å². The lowest BCUT2D eigenvalue weighted by atomic mass is 10.2. The van der Waals surface area contributed by atoms with Gasteiger partial charge in [0.15, 0.2) is 0 Å². The van der Waals surface area contributed by atoms with Crippen molar-refractivity contribution < 1.29 is 4.39 Å². The molecule has 0 aliphatic carbocycles. The molecule has 2 nitrogen and oxygen atoms in total. The van der Waals surface area contributed by atoms with Crippen molar-refractivity contribution in [2.45, 2.75) is 20.8 Å². The monoisotopic (exact) mass is 384 g/mol. The highest BCUT2D eigenvalue weighted by atomic mass is 79.9. The molecule has 4 heteroatoms. The first-order valence-corrected chi connectivity index (χ1v) is 8.50. The zero-order chi connectivity index (χ0) is 17.3. The highest BCUT2D eigenvalue weighted by molar-refractivity contribution is 9.10. The molecule has 0 aliphatic heterocycles. The number of hydrogen-bond donors (Lipinski definition) is 0. The smallest absolute Gasteiger partial charge is 0.123 e. The van der Waals surface area contributed by atoms with Crippen molar-refractivity contribution in [3.05, 3.63) is 81.3 Å². The highest BCUT2D eigenvalue weighted by Gasteiger charge is 2.09. The Balaban J connectivity index is 1.97. The maximum Gasteiger partial charge on any atom is 0.123 e. The van der Waals surface area contributed by atoms with E-state index in [2.05, 4.69) is 37.6 Å². The van der Waals surface area contributed by atoms with Gasteiger partial charge < -0.3 is 4.57 Å². The second-order valence-corrected chi connectivity index (χ2v) is 6.74. The Bertz CT molecular complexity index is 908. The van der Waals surface area contributed by atoms with E-state index in [1.165, 1.54) is 12.1 Å². The lowest BCUT2D eigenvalue weighted by molar-refractivity contribution is 0.627. The Kier molecular flexibility index (Phi) is 4.67. The fourth-order valence-electron chi connectivity index (χ4n) is 2.81. The van der Waals surface area contributed by atoms with Gasteiger partial charge in [-0.3, -0.25) is 4.99 Å². The number of rotatable bonds is 3. The summed E-state index contributed by atoms with van der Waals surface area (Å²) >= 11 is 3.47. The van der Waals surface area contributed by atoms with Gasteiger partial charge in [0.05, 0.1) is 5.69 Å². The van der Waals surface area contributed by atoms with E-state index in [0.29, 0.717) is 0 Å². The van der Waals surface area contributed by atoms with Crippen LogP contribution in [0.5, 0.6) is 0 Å². The molecule has 1 heterocycles. The summed E-state index contributed by atoms with van der Waals surface area (Å²) in [6.07, 6.45) is 1.89. The highest BCUT2D eigenvalue weighted by Crippen LogP contribution is 2.24. The standard InChI is InChI=1S/C20H18BrFN2/c1-13-10-17(21)4-9-20(13)23-12-16-11-14(2)24(15(16)3)19-7-5-18(22)6-8-19/h4-12H,1-3H3. The molecule has 122 valence electrons. The molecule has 1 aromatic heterocycles. The van der Waals surface area contributed by atoms with Crippen LogP contribution in [0.25, 0.3) is 5.69 Å². The normalized spacial score (nSPS) is 11.4. The summed E-state index contributed by atoms with van der Waals surface area (Å²) in [5.41, 5.74) is 6.24. The first kappa shape index (κ1) is 16.7. The van der Waals surface area contributed by atoms with E-state index in [1.54, 1.807) is 12.1 Å². The molecule has 0 N–H and O–H groups in total. The van der Waals surface area contributed by atoms with Crippen molar-refractivity contribution in [2.75, 3.05) is 0 Å². The molecule has 0 unspecified atom stereocenters. The quantitative estimate of drug-likeness (QED) is 0.488. The number of aromatic nitrogens is 1. The van der Waals surface area contributed by atoms with Crippen LogP contribution in [0, 0.1) is 26.6 Å². The fourth-order valence-corrected chi connectivity index (χ4v) is 3.28. The minimum atomic E-state index is -0.228. The number of nitrogens with zero attached hydrogens (tertiary/aromatic N) is 2. The van der Waals surface area contributed by atoms with E-state index in [-0.39, 0.29) is 5.82 Å². The van der Waals surface area contributed by atoms with Crippen LogP contribution < -0.4 is 0 Å². The molecule has 0 atom stereocenters. The molecule has 0 saturated heterocycles. The molecular formula is C20H18BrFN2. The van der Waals surface area contributed by atoms with Crippen molar-refractivity contribution in [2.24, 2.45) is 4.99 Å². The van der Waals surface area contributed by atoms with E-state index < -0.39 is 0 Å². The van der Waals surface area contributed by atoms with Crippen LogP contribution in [0.15, 0.2) is 58.0 Å². The summed E-state index contributed by atoms with van der Waals surface area (Å²) in [6, 6.07) is 14.7. The Morgan fingerprint density at radius 2 is 1.71 bits per heavy atom. The second kappa shape index (κ2) is 6.73. The molecule has 24 heavy (non-hydrogen) atoms. The van der Waals surface area contributed by atoms with E-state index in [1.807, 2.05) is 39.1 Å². The summed E-state index contributed by atoms with van der Waals surface area (Å²) in [5.74, 6) is -0.228. The maximum atomic E-state index is 13.1. The lowest BCUT2D eigenvalue weighted by Crippen LogP contribution is -1.99. The van der Waals surface area contributed by atoms with E-state index in [0.717, 1.165) is 38.4 Å². The Morgan fingerprint density at radius 3 is 2.38 bits per heavy atom. The SMILES string of the molecule is Cc1cc(Br)ccc1N=Cc1cc(C)n(-c2ccc(F)cc2)c1C. The van der Waals surface area contributed by atoms with E-state index in [9.17, 15) is 4.39 Å². The van der Waals surface area contributed by atoms with Gasteiger partial charge in [0.25, 0.3) is 0 Å². The number of aryl methyl sites for hydroxylation is 2. The predicted molar refractivity (Wildman–Crippen MR) is 101 cm³/mol. The van der Waals surface area contributed by atoms with Gasteiger partial charge in [0.2, 0.25) is 0 Å². The topological polar surface area (TPSA) is 17.3 Å². The van der Waals surface area contributed by atoms with Gasteiger partial charge in [-0.25, -0.2) is 4.39 Å². The predicted octanol–water partition coefficient (Wildman–Crippen LogP) is 6.05. The number of halogens is 2. The van der Waals surface area contributed by atoms with Gasteiger partial charge in [-0.1, -0.05) is 15.9 Å². The molecule has 0 fully saturated rings. The van der Waals surface area contributed by atoms with Crippen LogP contribution in [0.2, 0.25) is 0 Å². The summed E-state index contributed by atoms with van der Waals surface area (Å²) in [7, 11) is 0. The zero-order valence-electron chi connectivity index (χ0n) is 13.8. The van der Waals surface area contributed by atoms with Gasteiger partial charge >= 0.3 is 0 Å². The van der Waals surface area contributed by atoms with Crippen LogP contribution in [0.4, 0.5) is 10.1 Å². The molecule has 3 rings (SSSR count). The first-order valence-electron chi connectivity index (χ1n) is 7.71. The summed E-state index contributed by atoms with van der Waals surface area (Å²) in [4.78, 5) is 4.62. The van der Waals surface area contributed by atoms with Gasteiger partial charge in [0, 0.05) is 33.3 Å². The molecule has 0 saturated carbocycles. The molecule has 0 aliphatic rings. The third-order valence-corrected chi connectivity index (χ3v) is 4.55. The maximum absolute atomic E-state index is 13.1. The second-order valence-electron chi connectivity index (χ2n) is 5.83. The molecule has 3 aromatic rings. The Labute approximate surface area is 149 Å². The molecule has 0 radical (unpaired) electrons. The Hall–Kier alpha value is -2.20. The third-order valence-electron chi connectivity index (χ3n) is 4.06. The molecule has 2 aromatic carbocycles. The van der Waals surface area contributed by atoms with Gasteiger partial charge in [-0.05, 0) is 74.9 Å². The summed E-state index contributed by atoms with van der Waals surface area (Å²) in [6.45, 7) is 6.13. The summed E-state index contributed by atoms with van der Waals surface area (Å²) in [5, 5.41) is 0. The Morgan fingerprint density at radius 1 is 1.00 bits per heavy atom. The molecule has 0 spiro atoms. The van der Waals surface area contributed by atoms with Gasteiger partial charge in [-0.2, -0.15) is 0 Å². The van der Waals surface area contributed by atoms with Crippen LogP contribution in [-0.2, 0) is 0 Å². The summed E-state index contributed by atoms with van der Waals surface area (Å²) < 4.78 is 16.3. The number of aliphatic imine (C=N–C) groups is 1. The number of hydrogen-bond acceptors (Lipinski definition) is 1. The van der Waals surface area contributed by atoms with Crippen molar-refractivity contribution in [3.63, 3.8) is 0 Å². The van der Waals surface area contributed by atoms with Crippen molar-refractivity contribution in [3.8, 4) is 5.69 Å². The first-order chi connectivity index (χ1) is 11.5. The van der Waals surface area contributed by atoms with Gasteiger partial charge in [-0.15, -0.1) is 0 Å². The van der Waals surface area contributed by atoms with Crippen LogP contribution in [-0.4, -0.2) is 10.8 Å². The van der Waals surface area contributed by atoms with Crippen molar-refractivity contribution >= 4 is 27.8 Å². The third kappa shape index (κ3) is 3.34. The lowest BCUT2D eigenvalue weighted by Gasteiger charge is -2.09. The molecular weight excluding hydrogens is 367 g/mol. The minimum absolute atomic E-state index is 0.228.